The average Bonchev–Trinajstić information content (AvgIpc) is 3.47. The van der Waals surface area contributed by atoms with Gasteiger partial charge >= 0.3 is 18.1 Å². The molecule has 1 aromatic rings. The van der Waals surface area contributed by atoms with Crippen LogP contribution in [0.15, 0.2) is 69.1 Å². The lowest BCUT2D eigenvalue weighted by molar-refractivity contribution is -0.139. The first-order valence-electron chi connectivity index (χ1n) is 10.0. The molecule has 1 aromatic heterocycles. The topological polar surface area (TPSA) is 110 Å². The molecule has 2 aliphatic carbocycles. The molecule has 3 atom stereocenters. The molecule has 2 aliphatic heterocycles. The fraction of sp³-hybridized carbons (Fsp3) is 0.348. The van der Waals surface area contributed by atoms with Gasteiger partial charge in [0.2, 0.25) is 0 Å². The fourth-order valence-corrected chi connectivity index (χ4v) is 4.76. The second-order valence-corrected chi connectivity index (χ2v) is 7.90. The molecule has 1 fully saturated rings. The predicted molar refractivity (Wildman–Crippen MR) is 106 cm³/mol. The second-order valence-electron chi connectivity index (χ2n) is 7.90. The van der Waals surface area contributed by atoms with Crippen LogP contribution in [0.1, 0.15) is 25.0 Å². The Morgan fingerprint density at radius 1 is 1.28 bits per heavy atom. The quantitative estimate of drug-likeness (QED) is 0.396. The lowest BCUT2D eigenvalue weighted by Gasteiger charge is -2.35. The first kappa shape index (κ1) is 20.3. The number of furan rings is 1. The molecule has 166 valence electrons. The summed E-state index contributed by atoms with van der Waals surface area (Å²) >= 11 is 0. The molecule has 9 heteroatoms. The van der Waals surface area contributed by atoms with Gasteiger partial charge in [0.1, 0.15) is 12.7 Å². The molecule has 4 aliphatic rings. The molecular formula is C23H20O9. The number of esters is 2. The van der Waals surface area contributed by atoms with Crippen LogP contribution in [0.3, 0.4) is 0 Å². The van der Waals surface area contributed by atoms with E-state index < -0.39 is 35.7 Å². The summed E-state index contributed by atoms with van der Waals surface area (Å²) in [6.45, 7) is 1.73. The van der Waals surface area contributed by atoms with E-state index in [-0.39, 0.29) is 13.4 Å². The van der Waals surface area contributed by atoms with Crippen LogP contribution in [-0.2, 0) is 33.3 Å². The van der Waals surface area contributed by atoms with E-state index in [0.29, 0.717) is 28.7 Å². The van der Waals surface area contributed by atoms with Gasteiger partial charge in [0.05, 0.1) is 29.1 Å². The number of cyclic esters (lactones) is 2. The SMILES string of the molecule is COCOC(=O)O[C@H]1C=C2C(=O)OC[C@]23C=CC2=C(C(C)=C3C1)[C@H](c1ccoc1)OC2=O. The lowest BCUT2D eigenvalue weighted by Crippen LogP contribution is -2.34. The van der Waals surface area contributed by atoms with Crippen LogP contribution < -0.4 is 0 Å². The van der Waals surface area contributed by atoms with Crippen molar-refractivity contribution in [2.45, 2.75) is 25.6 Å². The van der Waals surface area contributed by atoms with Crippen molar-refractivity contribution in [2.24, 2.45) is 5.41 Å². The van der Waals surface area contributed by atoms with Crippen molar-refractivity contribution in [3.05, 3.63) is 70.2 Å². The van der Waals surface area contributed by atoms with Crippen LogP contribution in [-0.4, -0.2) is 44.7 Å². The minimum absolute atomic E-state index is 0.105. The Morgan fingerprint density at radius 2 is 2.12 bits per heavy atom. The number of hydrogen-bond acceptors (Lipinski definition) is 9. The molecule has 0 unspecified atom stereocenters. The van der Waals surface area contributed by atoms with Gasteiger partial charge in [0.15, 0.2) is 12.9 Å². The smallest absolute Gasteiger partial charge is 0.472 e. The van der Waals surface area contributed by atoms with Crippen molar-refractivity contribution in [3.8, 4) is 0 Å². The van der Waals surface area contributed by atoms with Crippen molar-refractivity contribution in [1.82, 2.24) is 0 Å². The van der Waals surface area contributed by atoms with Gasteiger partial charge in [-0.05, 0) is 36.3 Å². The second kappa shape index (κ2) is 7.52. The maximum absolute atomic E-state index is 12.7. The van der Waals surface area contributed by atoms with E-state index in [9.17, 15) is 14.4 Å². The lowest BCUT2D eigenvalue weighted by atomic mass is 9.68. The van der Waals surface area contributed by atoms with Crippen LogP contribution in [0.25, 0.3) is 0 Å². The number of methoxy groups -OCH3 is 1. The highest BCUT2D eigenvalue weighted by Crippen LogP contribution is 2.54. The Morgan fingerprint density at radius 3 is 2.88 bits per heavy atom. The number of carbonyl (C=O) groups excluding carboxylic acids is 3. The molecule has 1 saturated heterocycles. The van der Waals surface area contributed by atoms with E-state index in [1.165, 1.54) is 19.6 Å². The maximum atomic E-state index is 12.7. The molecular weight excluding hydrogens is 420 g/mol. The highest BCUT2D eigenvalue weighted by molar-refractivity contribution is 5.99. The molecule has 3 heterocycles. The minimum Gasteiger partial charge on any atom is -0.472 e. The molecule has 0 radical (unpaired) electrons. The average molecular weight is 440 g/mol. The van der Waals surface area contributed by atoms with E-state index >= 15 is 0 Å². The molecule has 32 heavy (non-hydrogen) atoms. The van der Waals surface area contributed by atoms with E-state index in [0.717, 1.165) is 11.1 Å². The van der Waals surface area contributed by atoms with Crippen molar-refractivity contribution >= 4 is 18.1 Å². The van der Waals surface area contributed by atoms with Gasteiger partial charge in [0.25, 0.3) is 0 Å². The minimum atomic E-state index is -0.912. The summed E-state index contributed by atoms with van der Waals surface area (Å²) in [5.74, 6) is -0.946. The standard InChI is InChI=1S/C23H20O9/c1-12-16-7-14(31-22(26)30-11-27-2)8-17-21(25)29-10-23(16,17)5-3-15-18(12)19(32-20(15)24)13-4-6-28-9-13/h3-6,8-9,14,19H,7,10-11H2,1-2H3/t14-,19+,23+/m1/s1. The Balaban J connectivity index is 1.59. The first-order chi connectivity index (χ1) is 15.4. The summed E-state index contributed by atoms with van der Waals surface area (Å²) in [6, 6.07) is 1.74. The summed E-state index contributed by atoms with van der Waals surface area (Å²) in [6.07, 6.45) is 6.13. The normalized spacial score (nSPS) is 28.4. The summed E-state index contributed by atoms with van der Waals surface area (Å²) in [7, 11) is 1.39. The number of ether oxygens (including phenoxy) is 5. The zero-order valence-corrected chi connectivity index (χ0v) is 17.4. The van der Waals surface area contributed by atoms with E-state index in [1.807, 2.05) is 13.0 Å². The molecule has 5 rings (SSSR count). The van der Waals surface area contributed by atoms with Crippen molar-refractivity contribution in [3.63, 3.8) is 0 Å². The predicted octanol–water partition coefficient (Wildman–Crippen LogP) is 3.06. The summed E-state index contributed by atoms with van der Waals surface area (Å²) in [4.78, 5) is 37.3. The van der Waals surface area contributed by atoms with Gasteiger partial charge in [0, 0.05) is 24.7 Å². The Kier molecular flexibility index (Phi) is 4.78. The van der Waals surface area contributed by atoms with Crippen molar-refractivity contribution in [1.29, 1.82) is 0 Å². The number of carbonyl (C=O) groups is 3. The van der Waals surface area contributed by atoms with Gasteiger partial charge in [-0.25, -0.2) is 14.4 Å². The first-order valence-corrected chi connectivity index (χ1v) is 10.0. The highest BCUT2D eigenvalue weighted by atomic mass is 16.8. The third-order valence-electron chi connectivity index (χ3n) is 6.20. The van der Waals surface area contributed by atoms with Gasteiger partial charge < -0.3 is 28.1 Å². The molecule has 0 saturated carbocycles. The molecule has 0 N–H and O–H groups in total. The zero-order chi connectivity index (χ0) is 22.5. The highest BCUT2D eigenvalue weighted by Gasteiger charge is 2.53. The van der Waals surface area contributed by atoms with Crippen LogP contribution in [0.4, 0.5) is 4.79 Å². The zero-order valence-electron chi connectivity index (χ0n) is 17.4. The fourth-order valence-electron chi connectivity index (χ4n) is 4.76. The number of hydrogen-bond donors (Lipinski definition) is 0. The van der Waals surface area contributed by atoms with E-state index in [4.69, 9.17) is 28.1 Å². The van der Waals surface area contributed by atoms with Crippen LogP contribution in [0.2, 0.25) is 0 Å². The monoisotopic (exact) mass is 440 g/mol. The van der Waals surface area contributed by atoms with Crippen LogP contribution >= 0.6 is 0 Å². The molecule has 0 aromatic carbocycles. The van der Waals surface area contributed by atoms with Crippen molar-refractivity contribution < 1.29 is 42.5 Å². The maximum Gasteiger partial charge on any atom is 0.511 e. The number of rotatable bonds is 4. The van der Waals surface area contributed by atoms with E-state index in [1.54, 1.807) is 18.2 Å². The van der Waals surface area contributed by atoms with Gasteiger partial charge in [-0.2, -0.15) is 0 Å². The molecule has 0 amide bonds. The van der Waals surface area contributed by atoms with Gasteiger partial charge in [-0.3, -0.25) is 0 Å². The van der Waals surface area contributed by atoms with Gasteiger partial charge in [-0.15, -0.1) is 0 Å². The van der Waals surface area contributed by atoms with Crippen molar-refractivity contribution in [2.75, 3.05) is 20.5 Å². The summed E-state index contributed by atoms with van der Waals surface area (Å²) < 4.78 is 31.2. The molecule has 0 bridgehead atoms. The summed E-state index contributed by atoms with van der Waals surface area (Å²) in [5, 5.41) is 0. The third-order valence-corrected chi connectivity index (χ3v) is 6.20. The largest absolute Gasteiger partial charge is 0.511 e. The Labute approximate surface area is 182 Å². The van der Waals surface area contributed by atoms with Gasteiger partial charge in [-0.1, -0.05) is 6.08 Å². The summed E-state index contributed by atoms with van der Waals surface area (Å²) in [5.41, 5.74) is 2.94. The molecule has 1 spiro atoms. The third kappa shape index (κ3) is 3.00. The Bertz CT molecular complexity index is 1120. The van der Waals surface area contributed by atoms with Crippen LogP contribution in [0.5, 0.6) is 0 Å². The van der Waals surface area contributed by atoms with E-state index in [2.05, 4.69) is 0 Å². The Hall–Kier alpha value is -3.59. The van der Waals surface area contributed by atoms with Crippen LogP contribution in [0, 0.1) is 5.41 Å². The molecule has 9 nitrogen and oxygen atoms in total.